The van der Waals surface area contributed by atoms with E-state index in [0.29, 0.717) is 24.5 Å². The van der Waals surface area contributed by atoms with Crippen molar-refractivity contribution in [3.8, 4) is 17.1 Å². The molecule has 2 aromatic rings. The second-order valence-corrected chi connectivity index (χ2v) is 5.06. The molecule has 0 amide bonds. The van der Waals surface area contributed by atoms with Gasteiger partial charge >= 0.3 is 6.18 Å². The van der Waals surface area contributed by atoms with Crippen molar-refractivity contribution in [2.45, 2.75) is 25.4 Å². The molecule has 3 rings (SSSR count). The minimum Gasteiger partial charge on any atom is -0.488 e. The number of nitrogens with zero attached hydrogens (tertiary/aromatic N) is 2. The molecule has 1 aromatic heterocycles. The number of aryl methyl sites for hydroxylation is 1. The summed E-state index contributed by atoms with van der Waals surface area (Å²) in [4.78, 5) is 8.28. The van der Waals surface area contributed by atoms with E-state index in [1.807, 2.05) is 0 Å². The van der Waals surface area contributed by atoms with Crippen molar-refractivity contribution >= 4 is 5.82 Å². The Morgan fingerprint density at radius 1 is 1.09 bits per heavy atom. The molecule has 0 spiro atoms. The summed E-state index contributed by atoms with van der Waals surface area (Å²) in [7, 11) is 0. The average Bonchev–Trinajstić information content (AvgIpc) is 2.72. The van der Waals surface area contributed by atoms with Gasteiger partial charge in [0.2, 0.25) is 0 Å². The van der Waals surface area contributed by atoms with E-state index >= 15 is 0 Å². The lowest BCUT2D eigenvalue weighted by molar-refractivity contribution is -0.137. The second-order valence-electron chi connectivity index (χ2n) is 5.06. The van der Waals surface area contributed by atoms with E-state index in [4.69, 9.17) is 10.5 Å². The largest absolute Gasteiger partial charge is 0.488 e. The summed E-state index contributed by atoms with van der Waals surface area (Å²) in [5.41, 5.74) is 5.57. The molecule has 4 nitrogen and oxygen atoms in total. The molecule has 116 valence electrons. The van der Waals surface area contributed by atoms with Crippen molar-refractivity contribution in [2.75, 3.05) is 12.3 Å². The SMILES string of the molecule is Nc1nc(-c2ccccc2C(F)(F)F)nc2c1OCCCC2. The minimum absolute atomic E-state index is 0.0188. The fourth-order valence-corrected chi connectivity index (χ4v) is 2.46. The summed E-state index contributed by atoms with van der Waals surface area (Å²) in [6.07, 6.45) is -2.16. The van der Waals surface area contributed by atoms with E-state index < -0.39 is 11.7 Å². The first-order chi connectivity index (χ1) is 10.5. The Hall–Kier alpha value is -2.31. The van der Waals surface area contributed by atoms with Crippen LogP contribution in [-0.4, -0.2) is 16.6 Å². The van der Waals surface area contributed by atoms with Gasteiger partial charge in [0.15, 0.2) is 17.4 Å². The molecule has 1 aromatic carbocycles. The molecule has 2 heterocycles. The number of hydrogen-bond donors (Lipinski definition) is 1. The lowest BCUT2D eigenvalue weighted by Crippen LogP contribution is -2.10. The number of nitrogen functional groups attached to an aromatic ring is 1. The van der Waals surface area contributed by atoms with E-state index in [2.05, 4.69) is 9.97 Å². The van der Waals surface area contributed by atoms with Crippen LogP contribution in [-0.2, 0) is 12.6 Å². The lowest BCUT2D eigenvalue weighted by atomic mass is 10.1. The predicted molar refractivity (Wildman–Crippen MR) is 75.3 cm³/mol. The van der Waals surface area contributed by atoms with Gasteiger partial charge in [-0.25, -0.2) is 9.97 Å². The molecule has 7 heteroatoms. The fraction of sp³-hybridized carbons (Fsp3) is 0.333. The number of halogens is 3. The van der Waals surface area contributed by atoms with Crippen LogP contribution in [0.4, 0.5) is 19.0 Å². The summed E-state index contributed by atoms with van der Waals surface area (Å²) < 4.78 is 44.9. The van der Waals surface area contributed by atoms with E-state index in [1.165, 1.54) is 18.2 Å². The Morgan fingerprint density at radius 2 is 1.86 bits per heavy atom. The summed E-state index contributed by atoms with van der Waals surface area (Å²) in [5, 5.41) is 0. The van der Waals surface area contributed by atoms with Crippen molar-refractivity contribution in [1.82, 2.24) is 9.97 Å². The van der Waals surface area contributed by atoms with Crippen LogP contribution >= 0.6 is 0 Å². The summed E-state index contributed by atoms with van der Waals surface area (Å²) >= 11 is 0. The van der Waals surface area contributed by atoms with E-state index in [1.54, 1.807) is 0 Å². The van der Waals surface area contributed by atoms with Gasteiger partial charge in [-0.3, -0.25) is 0 Å². The van der Waals surface area contributed by atoms with E-state index in [-0.39, 0.29) is 17.2 Å². The fourth-order valence-electron chi connectivity index (χ4n) is 2.46. The van der Waals surface area contributed by atoms with Gasteiger partial charge in [-0.1, -0.05) is 18.2 Å². The molecule has 0 saturated carbocycles. The molecule has 1 aliphatic heterocycles. The minimum atomic E-state index is -4.47. The molecule has 0 atom stereocenters. The molecule has 1 aliphatic rings. The first-order valence-corrected chi connectivity index (χ1v) is 6.92. The number of hydrogen-bond acceptors (Lipinski definition) is 4. The predicted octanol–water partition coefficient (Wildman–Crippen LogP) is 3.46. The van der Waals surface area contributed by atoms with Gasteiger partial charge in [0, 0.05) is 5.56 Å². The van der Waals surface area contributed by atoms with Crippen molar-refractivity contribution in [2.24, 2.45) is 0 Å². The lowest BCUT2D eigenvalue weighted by Gasteiger charge is -2.14. The second kappa shape index (κ2) is 5.47. The number of alkyl halides is 3. The number of ether oxygens (including phenoxy) is 1. The Balaban J connectivity index is 2.14. The topological polar surface area (TPSA) is 61.0 Å². The van der Waals surface area contributed by atoms with Gasteiger partial charge < -0.3 is 10.5 Å². The van der Waals surface area contributed by atoms with Gasteiger partial charge in [0.25, 0.3) is 0 Å². The van der Waals surface area contributed by atoms with Crippen molar-refractivity contribution in [1.29, 1.82) is 0 Å². The highest BCUT2D eigenvalue weighted by molar-refractivity contribution is 5.65. The quantitative estimate of drug-likeness (QED) is 0.876. The van der Waals surface area contributed by atoms with Gasteiger partial charge in [-0.2, -0.15) is 13.2 Å². The van der Waals surface area contributed by atoms with Crippen LogP contribution in [0.15, 0.2) is 24.3 Å². The van der Waals surface area contributed by atoms with Crippen LogP contribution in [0.1, 0.15) is 24.1 Å². The summed E-state index contributed by atoms with van der Waals surface area (Å²) in [5.74, 6) is 0.458. The third-order valence-corrected chi connectivity index (χ3v) is 3.49. The Bertz CT molecular complexity index is 701. The maximum Gasteiger partial charge on any atom is 0.417 e. The standard InChI is InChI=1S/C15H14F3N3O/c16-15(17,18)10-6-2-1-5-9(10)14-20-11-7-3-4-8-22-12(11)13(19)21-14/h1-2,5-6H,3-4,7-8H2,(H2,19,20,21). The number of rotatable bonds is 1. The van der Waals surface area contributed by atoms with Crippen LogP contribution in [0.5, 0.6) is 5.75 Å². The van der Waals surface area contributed by atoms with E-state index in [0.717, 1.165) is 18.9 Å². The van der Waals surface area contributed by atoms with Crippen molar-refractivity contribution in [3.05, 3.63) is 35.5 Å². The van der Waals surface area contributed by atoms with Crippen molar-refractivity contribution < 1.29 is 17.9 Å². The molecule has 0 bridgehead atoms. The first kappa shape index (κ1) is 14.6. The van der Waals surface area contributed by atoms with Crippen molar-refractivity contribution in [3.63, 3.8) is 0 Å². The summed E-state index contributed by atoms with van der Waals surface area (Å²) in [6.45, 7) is 0.513. The molecule has 0 unspecified atom stereocenters. The Labute approximate surface area is 125 Å². The molecule has 2 N–H and O–H groups in total. The highest BCUT2D eigenvalue weighted by atomic mass is 19.4. The molecule has 0 radical (unpaired) electrons. The Kier molecular flexibility index (Phi) is 3.64. The van der Waals surface area contributed by atoms with Crippen LogP contribution in [0.2, 0.25) is 0 Å². The number of fused-ring (bicyclic) bond motifs is 1. The molecule has 22 heavy (non-hydrogen) atoms. The maximum absolute atomic E-state index is 13.1. The smallest absolute Gasteiger partial charge is 0.417 e. The average molecular weight is 309 g/mol. The maximum atomic E-state index is 13.1. The zero-order chi connectivity index (χ0) is 15.7. The first-order valence-electron chi connectivity index (χ1n) is 6.92. The normalized spacial score (nSPS) is 14.9. The van der Waals surface area contributed by atoms with Crippen LogP contribution < -0.4 is 10.5 Å². The third kappa shape index (κ3) is 2.70. The molecular weight excluding hydrogens is 295 g/mol. The van der Waals surface area contributed by atoms with Gasteiger partial charge in [0.05, 0.1) is 17.9 Å². The molecule has 0 aliphatic carbocycles. The van der Waals surface area contributed by atoms with Gasteiger partial charge in [0.1, 0.15) is 0 Å². The zero-order valence-electron chi connectivity index (χ0n) is 11.7. The number of benzene rings is 1. The van der Waals surface area contributed by atoms with Crippen LogP contribution in [0.3, 0.4) is 0 Å². The third-order valence-electron chi connectivity index (χ3n) is 3.49. The van der Waals surface area contributed by atoms with Crippen LogP contribution in [0, 0.1) is 0 Å². The zero-order valence-corrected chi connectivity index (χ0v) is 11.7. The molecule has 0 fully saturated rings. The molecular formula is C15H14F3N3O. The van der Waals surface area contributed by atoms with Gasteiger partial charge in [-0.05, 0) is 25.3 Å². The highest BCUT2D eigenvalue weighted by Crippen LogP contribution is 2.37. The summed E-state index contributed by atoms with van der Waals surface area (Å²) in [6, 6.07) is 5.22. The van der Waals surface area contributed by atoms with E-state index in [9.17, 15) is 13.2 Å². The molecule has 0 saturated heterocycles. The number of anilines is 1. The number of aromatic nitrogens is 2. The highest BCUT2D eigenvalue weighted by Gasteiger charge is 2.34. The number of nitrogens with two attached hydrogens (primary N) is 1. The Morgan fingerprint density at radius 3 is 2.64 bits per heavy atom. The van der Waals surface area contributed by atoms with Crippen LogP contribution in [0.25, 0.3) is 11.4 Å². The van der Waals surface area contributed by atoms with Gasteiger partial charge in [-0.15, -0.1) is 0 Å². The monoisotopic (exact) mass is 309 g/mol.